The Morgan fingerprint density at radius 3 is 1.37 bits per heavy atom. The SMILES string of the molecule is CCCC/C=C\CCCCCC(O)C(=O)NC(COC1OC(CO)C(O)C(O)C1O)C(O)C(O)CCC/C=C/CC/C=C/CCCCCCCCCCCCCCCCCCCCCCCC. The van der Waals surface area contributed by atoms with Crippen molar-refractivity contribution in [1.29, 1.82) is 0 Å². The number of aliphatic hydroxyl groups excluding tert-OH is 7. The summed E-state index contributed by atoms with van der Waals surface area (Å²) >= 11 is 0. The zero-order valence-corrected chi connectivity index (χ0v) is 42.9. The number of amides is 1. The van der Waals surface area contributed by atoms with Crippen LogP contribution in [0.5, 0.6) is 0 Å². The van der Waals surface area contributed by atoms with Crippen molar-refractivity contribution >= 4 is 5.91 Å². The summed E-state index contributed by atoms with van der Waals surface area (Å²) in [5.41, 5.74) is 0. The number of rotatable bonds is 47. The van der Waals surface area contributed by atoms with Gasteiger partial charge in [0.25, 0.3) is 0 Å². The predicted octanol–water partition coefficient (Wildman–Crippen LogP) is 11.1. The van der Waals surface area contributed by atoms with E-state index in [1.807, 2.05) is 0 Å². The maximum atomic E-state index is 13.0. The molecule has 1 aliphatic heterocycles. The summed E-state index contributed by atoms with van der Waals surface area (Å²) in [4.78, 5) is 13.0. The van der Waals surface area contributed by atoms with E-state index in [0.29, 0.717) is 19.3 Å². The minimum Gasteiger partial charge on any atom is -0.394 e. The molecule has 1 rings (SSSR count). The van der Waals surface area contributed by atoms with E-state index in [1.165, 1.54) is 148 Å². The number of allylic oxidation sites excluding steroid dienone is 6. The minimum atomic E-state index is -1.67. The molecule has 1 fully saturated rings. The molecule has 0 aromatic heterocycles. The summed E-state index contributed by atoms with van der Waals surface area (Å²) in [7, 11) is 0. The molecule has 0 aliphatic carbocycles. The highest BCUT2D eigenvalue weighted by atomic mass is 16.7. The molecule has 9 atom stereocenters. The van der Waals surface area contributed by atoms with Gasteiger partial charge in [0.15, 0.2) is 6.29 Å². The van der Waals surface area contributed by atoms with Crippen LogP contribution in [0, 0.1) is 0 Å². The average molecular weight is 952 g/mol. The monoisotopic (exact) mass is 952 g/mol. The van der Waals surface area contributed by atoms with E-state index >= 15 is 0 Å². The van der Waals surface area contributed by atoms with Gasteiger partial charge in [0, 0.05) is 0 Å². The first-order valence-electron chi connectivity index (χ1n) is 27.9. The Morgan fingerprint density at radius 2 is 0.910 bits per heavy atom. The maximum Gasteiger partial charge on any atom is 0.249 e. The highest BCUT2D eigenvalue weighted by molar-refractivity contribution is 5.80. The van der Waals surface area contributed by atoms with Crippen LogP contribution >= 0.6 is 0 Å². The molecule has 67 heavy (non-hydrogen) atoms. The number of unbranched alkanes of at least 4 members (excludes halogenated alkanes) is 29. The third-order valence-electron chi connectivity index (χ3n) is 13.4. The first-order chi connectivity index (χ1) is 32.7. The summed E-state index contributed by atoms with van der Waals surface area (Å²) in [6, 6.07) is -1.20. The maximum absolute atomic E-state index is 13.0. The third kappa shape index (κ3) is 34.3. The van der Waals surface area contributed by atoms with Gasteiger partial charge in [-0.05, 0) is 70.6 Å². The third-order valence-corrected chi connectivity index (χ3v) is 13.4. The number of ether oxygens (including phenoxy) is 2. The smallest absolute Gasteiger partial charge is 0.249 e. The Hall–Kier alpha value is -1.67. The molecule has 8 N–H and O–H groups in total. The topological polar surface area (TPSA) is 189 Å². The Labute approximate surface area is 409 Å². The molecule has 1 amide bonds. The number of aliphatic hydroxyl groups is 7. The second-order valence-electron chi connectivity index (χ2n) is 19.6. The van der Waals surface area contributed by atoms with Gasteiger partial charge >= 0.3 is 0 Å². The van der Waals surface area contributed by atoms with Crippen molar-refractivity contribution in [3.05, 3.63) is 36.5 Å². The van der Waals surface area contributed by atoms with Gasteiger partial charge in [-0.15, -0.1) is 0 Å². The van der Waals surface area contributed by atoms with Crippen molar-refractivity contribution in [2.45, 2.75) is 300 Å². The van der Waals surface area contributed by atoms with E-state index in [2.05, 4.69) is 55.6 Å². The molecule has 1 heterocycles. The zero-order chi connectivity index (χ0) is 49.0. The lowest BCUT2D eigenvalue weighted by atomic mass is 9.98. The van der Waals surface area contributed by atoms with Crippen molar-refractivity contribution < 1.29 is 50.0 Å². The number of hydrogen-bond acceptors (Lipinski definition) is 10. The van der Waals surface area contributed by atoms with E-state index in [9.17, 15) is 40.5 Å². The molecule has 0 aromatic carbocycles. The van der Waals surface area contributed by atoms with Gasteiger partial charge in [-0.2, -0.15) is 0 Å². The fourth-order valence-electron chi connectivity index (χ4n) is 8.79. The van der Waals surface area contributed by atoms with Crippen molar-refractivity contribution in [2.75, 3.05) is 13.2 Å². The zero-order valence-electron chi connectivity index (χ0n) is 42.9. The lowest BCUT2D eigenvalue weighted by molar-refractivity contribution is -0.303. The van der Waals surface area contributed by atoms with Gasteiger partial charge in [0.1, 0.15) is 36.6 Å². The van der Waals surface area contributed by atoms with Crippen LogP contribution in [0.1, 0.15) is 245 Å². The predicted molar refractivity (Wildman–Crippen MR) is 275 cm³/mol. The molecular weight excluding hydrogens is 847 g/mol. The molecule has 394 valence electrons. The molecule has 0 bridgehead atoms. The fourth-order valence-corrected chi connectivity index (χ4v) is 8.79. The number of hydrogen-bond donors (Lipinski definition) is 8. The first-order valence-corrected chi connectivity index (χ1v) is 27.9. The summed E-state index contributed by atoms with van der Waals surface area (Å²) in [6.07, 6.45) is 44.0. The van der Waals surface area contributed by atoms with Crippen LogP contribution < -0.4 is 5.32 Å². The first kappa shape index (κ1) is 63.3. The Morgan fingerprint density at radius 1 is 0.507 bits per heavy atom. The Bertz CT molecular complexity index is 1180. The highest BCUT2D eigenvalue weighted by Crippen LogP contribution is 2.23. The minimum absolute atomic E-state index is 0.228. The molecular formula is C56H105NO10. The van der Waals surface area contributed by atoms with Crippen LogP contribution in [0.2, 0.25) is 0 Å². The van der Waals surface area contributed by atoms with Crippen LogP contribution in [-0.2, 0) is 14.3 Å². The number of nitrogens with one attached hydrogen (secondary N) is 1. The van der Waals surface area contributed by atoms with Crippen LogP contribution in [0.3, 0.4) is 0 Å². The van der Waals surface area contributed by atoms with Crippen molar-refractivity contribution in [3.8, 4) is 0 Å². The fraction of sp³-hybridized carbons (Fsp3) is 0.875. The van der Waals surface area contributed by atoms with Crippen molar-refractivity contribution in [3.63, 3.8) is 0 Å². The highest BCUT2D eigenvalue weighted by Gasteiger charge is 2.44. The number of carbonyl (C=O) groups excluding carboxylic acids is 1. The molecule has 11 heteroatoms. The van der Waals surface area contributed by atoms with E-state index in [0.717, 1.165) is 51.4 Å². The molecule has 0 saturated carbocycles. The van der Waals surface area contributed by atoms with E-state index in [1.54, 1.807) is 0 Å². The molecule has 0 aromatic rings. The van der Waals surface area contributed by atoms with Crippen LogP contribution in [0.15, 0.2) is 36.5 Å². The summed E-state index contributed by atoms with van der Waals surface area (Å²) < 4.78 is 11.1. The van der Waals surface area contributed by atoms with Crippen molar-refractivity contribution in [1.82, 2.24) is 5.32 Å². The Kier molecular flexibility index (Phi) is 43.0. The van der Waals surface area contributed by atoms with E-state index < -0.39 is 74.2 Å². The lowest BCUT2D eigenvalue weighted by Crippen LogP contribution is -2.60. The molecule has 11 nitrogen and oxygen atoms in total. The Balaban J connectivity index is 2.24. The summed E-state index contributed by atoms with van der Waals surface area (Å²) in [5.74, 6) is -0.726. The normalized spacial score (nSPS) is 20.9. The van der Waals surface area contributed by atoms with Crippen molar-refractivity contribution in [2.24, 2.45) is 0 Å². The summed E-state index contributed by atoms with van der Waals surface area (Å²) in [5, 5.41) is 75.6. The second kappa shape index (κ2) is 45.5. The summed E-state index contributed by atoms with van der Waals surface area (Å²) in [6.45, 7) is 3.36. The average Bonchev–Trinajstić information content (AvgIpc) is 3.33. The van der Waals surface area contributed by atoms with Gasteiger partial charge < -0.3 is 50.5 Å². The molecule has 1 saturated heterocycles. The second-order valence-corrected chi connectivity index (χ2v) is 19.6. The van der Waals surface area contributed by atoms with Gasteiger partial charge in [0.05, 0.1) is 25.4 Å². The van der Waals surface area contributed by atoms with Gasteiger partial charge in [-0.25, -0.2) is 0 Å². The quantitative estimate of drug-likeness (QED) is 0.0215. The van der Waals surface area contributed by atoms with E-state index in [4.69, 9.17) is 9.47 Å². The molecule has 0 radical (unpaired) electrons. The van der Waals surface area contributed by atoms with Crippen LogP contribution in [0.25, 0.3) is 0 Å². The standard InChI is InChI=1S/C56H105NO10/c1-3-5-7-9-11-13-14-15-16-17-18-19-20-21-22-23-24-25-26-27-28-29-30-31-32-33-34-36-37-39-41-43-48(59)51(61)47(46-66-56-54(64)53(63)52(62)50(45-58)67-56)57-55(65)49(60)44-42-40-38-35-12-10-8-6-4-2/h10,12,31-32,36-37,47-54,56,58-64H,3-9,11,13-30,33-35,38-46H2,1-2H3,(H,57,65)/b12-10-,32-31+,37-36+. The van der Waals surface area contributed by atoms with Crippen LogP contribution in [0.4, 0.5) is 0 Å². The largest absolute Gasteiger partial charge is 0.394 e. The molecule has 0 spiro atoms. The van der Waals surface area contributed by atoms with Crippen LogP contribution in [-0.4, -0.2) is 110 Å². The van der Waals surface area contributed by atoms with Gasteiger partial charge in [0.2, 0.25) is 5.91 Å². The molecule has 1 aliphatic rings. The number of carbonyl (C=O) groups is 1. The lowest BCUT2D eigenvalue weighted by Gasteiger charge is -2.40. The van der Waals surface area contributed by atoms with Gasteiger partial charge in [-0.3, -0.25) is 4.79 Å². The van der Waals surface area contributed by atoms with Gasteiger partial charge in [-0.1, -0.05) is 211 Å². The molecule has 9 unspecified atom stereocenters. The van der Waals surface area contributed by atoms with E-state index in [-0.39, 0.29) is 12.8 Å².